The van der Waals surface area contributed by atoms with Gasteiger partial charge in [0.1, 0.15) is 5.75 Å². The van der Waals surface area contributed by atoms with Crippen LogP contribution >= 0.6 is 0 Å². The molecule has 1 amide bonds. The highest BCUT2D eigenvalue weighted by Gasteiger charge is 2.17. The summed E-state index contributed by atoms with van der Waals surface area (Å²) in [5.74, 6) is 0.141. The van der Waals surface area contributed by atoms with Crippen molar-refractivity contribution < 1.29 is 9.90 Å². The Bertz CT molecular complexity index is 626. The van der Waals surface area contributed by atoms with Crippen LogP contribution in [0.15, 0.2) is 48.5 Å². The molecule has 0 aliphatic carbocycles. The SMILES string of the molecule is CCCN(C(=O)Cc1cccc(O)c1)c1ccccc1N. The molecule has 110 valence electrons. The fraction of sp³-hybridized carbons (Fsp3) is 0.235. The summed E-state index contributed by atoms with van der Waals surface area (Å²) in [6.07, 6.45) is 1.09. The lowest BCUT2D eigenvalue weighted by Crippen LogP contribution is -2.33. The number of rotatable bonds is 5. The number of nitrogens with two attached hydrogens (primary N) is 1. The second kappa shape index (κ2) is 6.79. The third-order valence-corrected chi connectivity index (χ3v) is 3.24. The molecule has 2 aromatic rings. The van der Waals surface area contributed by atoms with E-state index in [1.807, 2.05) is 31.2 Å². The number of hydrogen-bond acceptors (Lipinski definition) is 3. The zero-order chi connectivity index (χ0) is 15.2. The van der Waals surface area contributed by atoms with Crippen LogP contribution in [0.4, 0.5) is 11.4 Å². The Morgan fingerprint density at radius 1 is 1.19 bits per heavy atom. The molecule has 21 heavy (non-hydrogen) atoms. The second-order valence-corrected chi connectivity index (χ2v) is 4.95. The number of nitrogens with zero attached hydrogens (tertiary/aromatic N) is 1. The topological polar surface area (TPSA) is 66.6 Å². The lowest BCUT2D eigenvalue weighted by Gasteiger charge is -2.24. The lowest BCUT2D eigenvalue weighted by atomic mass is 10.1. The Kier molecular flexibility index (Phi) is 4.82. The predicted molar refractivity (Wildman–Crippen MR) is 85.3 cm³/mol. The van der Waals surface area contributed by atoms with Gasteiger partial charge in [0.05, 0.1) is 17.8 Å². The Morgan fingerprint density at radius 2 is 1.95 bits per heavy atom. The van der Waals surface area contributed by atoms with E-state index >= 15 is 0 Å². The molecule has 0 atom stereocenters. The number of hydrogen-bond donors (Lipinski definition) is 2. The van der Waals surface area contributed by atoms with Crippen molar-refractivity contribution in [3.63, 3.8) is 0 Å². The minimum absolute atomic E-state index is 0.0275. The number of benzene rings is 2. The van der Waals surface area contributed by atoms with Gasteiger partial charge in [-0.25, -0.2) is 0 Å². The van der Waals surface area contributed by atoms with E-state index in [9.17, 15) is 9.90 Å². The van der Waals surface area contributed by atoms with Crippen LogP contribution in [-0.4, -0.2) is 17.6 Å². The average Bonchev–Trinajstić information content (AvgIpc) is 2.45. The molecule has 3 N–H and O–H groups in total. The van der Waals surface area contributed by atoms with E-state index in [-0.39, 0.29) is 18.1 Å². The largest absolute Gasteiger partial charge is 0.508 e. The smallest absolute Gasteiger partial charge is 0.231 e. The standard InChI is InChI=1S/C17H20N2O2/c1-2-10-19(16-9-4-3-8-15(16)18)17(21)12-13-6-5-7-14(20)11-13/h3-9,11,20H,2,10,12,18H2,1H3. The van der Waals surface area contributed by atoms with Crippen LogP contribution in [0.3, 0.4) is 0 Å². The summed E-state index contributed by atoms with van der Waals surface area (Å²) >= 11 is 0. The molecule has 0 aliphatic rings. The Morgan fingerprint density at radius 3 is 2.62 bits per heavy atom. The van der Waals surface area contributed by atoms with Crippen LogP contribution in [0.25, 0.3) is 0 Å². The highest BCUT2D eigenvalue weighted by molar-refractivity contribution is 5.97. The van der Waals surface area contributed by atoms with Crippen molar-refractivity contribution in [1.29, 1.82) is 0 Å². The maximum atomic E-state index is 12.6. The van der Waals surface area contributed by atoms with Crippen LogP contribution in [0, 0.1) is 0 Å². The van der Waals surface area contributed by atoms with Gasteiger partial charge in [-0.15, -0.1) is 0 Å². The van der Waals surface area contributed by atoms with Crippen molar-refractivity contribution in [3.8, 4) is 5.75 Å². The van der Waals surface area contributed by atoms with Gasteiger partial charge in [-0.1, -0.05) is 31.2 Å². The Labute approximate surface area is 124 Å². The fourth-order valence-electron chi connectivity index (χ4n) is 2.27. The summed E-state index contributed by atoms with van der Waals surface area (Å²) in [5.41, 5.74) is 8.09. The highest BCUT2D eigenvalue weighted by atomic mass is 16.3. The number of amides is 1. The molecule has 0 heterocycles. The first-order valence-electron chi connectivity index (χ1n) is 7.04. The van der Waals surface area contributed by atoms with Gasteiger partial charge in [0, 0.05) is 6.54 Å². The number of aromatic hydroxyl groups is 1. The molecule has 0 spiro atoms. The molecular formula is C17H20N2O2. The number of phenols is 1. The lowest BCUT2D eigenvalue weighted by molar-refractivity contribution is -0.118. The van der Waals surface area contributed by atoms with Gasteiger partial charge in [-0.2, -0.15) is 0 Å². The zero-order valence-electron chi connectivity index (χ0n) is 12.1. The number of nitrogen functional groups attached to an aromatic ring is 1. The molecule has 0 aromatic heterocycles. The summed E-state index contributed by atoms with van der Waals surface area (Å²) < 4.78 is 0. The van der Waals surface area contributed by atoms with Gasteiger partial charge in [0.15, 0.2) is 0 Å². The Hall–Kier alpha value is -2.49. The van der Waals surface area contributed by atoms with E-state index in [1.165, 1.54) is 0 Å². The summed E-state index contributed by atoms with van der Waals surface area (Å²) in [6, 6.07) is 14.1. The molecule has 0 radical (unpaired) electrons. The van der Waals surface area contributed by atoms with E-state index in [0.717, 1.165) is 17.7 Å². The third-order valence-electron chi connectivity index (χ3n) is 3.24. The summed E-state index contributed by atoms with van der Waals surface area (Å²) in [7, 11) is 0. The summed E-state index contributed by atoms with van der Waals surface area (Å²) in [5, 5.41) is 9.48. The predicted octanol–water partition coefficient (Wildman–Crippen LogP) is 2.96. The molecule has 4 nitrogen and oxygen atoms in total. The van der Waals surface area contributed by atoms with Crippen molar-refractivity contribution in [2.24, 2.45) is 0 Å². The summed E-state index contributed by atoms with van der Waals surface area (Å²) in [6.45, 7) is 2.64. The van der Waals surface area contributed by atoms with E-state index in [1.54, 1.807) is 29.2 Å². The van der Waals surface area contributed by atoms with Gasteiger partial charge in [-0.05, 0) is 36.2 Å². The zero-order valence-corrected chi connectivity index (χ0v) is 12.1. The van der Waals surface area contributed by atoms with E-state index in [2.05, 4.69) is 0 Å². The molecule has 2 rings (SSSR count). The first kappa shape index (κ1) is 14.9. The van der Waals surface area contributed by atoms with Crippen LogP contribution in [0.5, 0.6) is 5.75 Å². The monoisotopic (exact) mass is 284 g/mol. The van der Waals surface area contributed by atoms with E-state index < -0.39 is 0 Å². The molecule has 2 aromatic carbocycles. The molecule has 0 saturated heterocycles. The third kappa shape index (κ3) is 3.75. The number of phenolic OH excluding ortho intramolecular Hbond substituents is 1. The van der Waals surface area contributed by atoms with Gasteiger partial charge >= 0.3 is 0 Å². The first-order chi connectivity index (χ1) is 10.1. The first-order valence-corrected chi connectivity index (χ1v) is 7.04. The van der Waals surface area contributed by atoms with Crippen molar-refractivity contribution in [2.75, 3.05) is 17.2 Å². The van der Waals surface area contributed by atoms with Crippen LogP contribution in [0.1, 0.15) is 18.9 Å². The molecule has 0 fully saturated rings. The average molecular weight is 284 g/mol. The van der Waals surface area contributed by atoms with Crippen molar-refractivity contribution in [1.82, 2.24) is 0 Å². The molecule has 0 bridgehead atoms. The van der Waals surface area contributed by atoms with Crippen molar-refractivity contribution in [2.45, 2.75) is 19.8 Å². The maximum Gasteiger partial charge on any atom is 0.231 e. The van der Waals surface area contributed by atoms with Gasteiger partial charge in [0.25, 0.3) is 0 Å². The molecule has 4 heteroatoms. The number of para-hydroxylation sites is 2. The highest BCUT2D eigenvalue weighted by Crippen LogP contribution is 2.24. The van der Waals surface area contributed by atoms with E-state index in [4.69, 9.17) is 5.73 Å². The number of carbonyl (C=O) groups is 1. The Balaban J connectivity index is 2.22. The number of carbonyl (C=O) groups excluding carboxylic acids is 1. The van der Waals surface area contributed by atoms with Gasteiger partial charge in [0.2, 0.25) is 5.91 Å². The van der Waals surface area contributed by atoms with Gasteiger partial charge < -0.3 is 15.7 Å². The molecular weight excluding hydrogens is 264 g/mol. The molecule has 0 unspecified atom stereocenters. The number of anilines is 2. The molecule has 0 saturated carbocycles. The van der Waals surface area contributed by atoms with Crippen LogP contribution < -0.4 is 10.6 Å². The van der Waals surface area contributed by atoms with E-state index in [0.29, 0.717) is 12.2 Å². The normalized spacial score (nSPS) is 10.3. The van der Waals surface area contributed by atoms with Crippen molar-refractivity contribution >= 4 is 17.3 Å². The summed E-state index contributed by atoms with van der Waals surface area (Å²) in [4.78, 5) is 14.3. The fourth-order valence-corrected chi connectivity index (χ4v) is 2.27. The minimum atomic E-state index is -0.0275. The van der Waals surface area contributed by atoms with Gasteiger partial charge in [-0.3, -0.25) is 4.79 Å². The molecule has 0 aliphatic heterocycles. The quantitative estimate of drug-likeness (QED) is 0.829. The van der Waals surface area contributed by atoms with Crippen LogP contribution in [-0.2, 0) is 11.2 Å². The minimum Gasteiger partial charge on any atom is -0.508 e. The maximum absolute atomic E-state index is 12.6. The van der Waals surface area contributed by atoms with Crippen LogP contribution in [0.2, 0.25) is 0 Å². The van der Waals surface area contributed by atoms with Crippen molar-refractivity contribution in [3.05, 3.63) is 54.1 Å². The second-order valence-electron chi connectivity index (χ2n) is 4.95.